The van der Waals surface area contributed by atoms with E-state index in [9.17, 15) is 5.11 Å². The molecule has 0 rings (SSSR count). The van der Waals surface area contributed by atoms with Crippen LogP contribution in [0.3, 0.4) is 0 Å². The van der Waals surface area contributed by atoms with E-state index >= 15 is 0 Å². The Labute approximate surface area is 464 Å². The van der Waals surface area contributed by atoms with Crippen LogP contribution in [-0.2, 0) is 5.11 Å². The summed E-state index contributed by atoms with van der Waals surface area (Å²) in [6.45, 7) is 0. The fourth-order valence-electron chi connectivity index (χ4n) is 2.14. The van der Waals surface area contributed by atoms with Crippen molar-refractivity contribution in [2.45, 2.75) is 41.1 Å². The second-order valence-electron chi connectivity index (χ2n) is 7.33. The summed E-state index contributed by atoms with van der Waals surface area (Å²) in [4.78, 5) is 0. The first-order valence-electron chi connectivity index (χ1n) is 8.31. The lowest BCUT2D eigenvalue weighted by atomic mass is 10.0. The summed E-state index contributed by atoms with van der Waals surface area (Å²) in [6.07, 6.45) is 0. The van der Waals surface area contributed by atoms with Crippen LogP contribution in [-0.4, -0.2) is 41.1 Å². The van der Waals surface area contributed by atoms with E-state index in [1.807, 2.05) is 0 Å². The maximum atomic E-state index is 13.1. The average molecular weight is 2330 g/mol. The van der Waals surface area contributed by atoms with Gasteiger partial charge in [-0.15, -0.1) is 0 Å². The van der Waals surface area contributed by atoms with Gasteiger partial charge in [0.15, 0.2) is 5.38 Å². The van der Waals surface area contributed by atoms with Crippen molar-refractivity contribution < 1.29 is 5.11 Å². The van der Waals surface area contributed by atoms with E-state index in [-0.39, 0.29) is 0 Å². The molecule has 0 unspecified atom stereocenters. The normalized spacial score (nSPS) is 17.3. The quantitative estimate of drug-likeness (QED) is 0.184. The summed E-state index contributed by atoms with van der Waals surface area (Å²) in [5.74, 6) is 0. The summed E-state index contributed by atoms with van der Waals surface area (Å²) in [6, 6.07) is 0. The zero-order valence-electron chi connectivity index (χ0n) is 17.1. The van der Waals surface area contributed by atoms with Crippen LogP contribution in [0.4, 0.5) is 0 Å². The van der Waals surface area contributed by atoms with E-state index in [0.29, 0.717) is 0 Å². The molecule has 1 nitrogen and oxygen atoms in total. The predicted molar refractivity (Wildman–Crippen MR) is 277 cm³/mol. The molecule has 0 fully saturated rings. The van der Waals surface area contributed by atoms with Crippen molar-refractivity contribution in [3.63, 3.8) is 0 Å². The lowest BCUT2D eigenvalue weighted by molar-refractivity contribution is 0.137. The Hall–Kier alpha value is 12.9. The minimum Gasteiger partial charge on any atom is -0.202 e. The van der Waals surface area contributed by atoms with Crippen molar-refractivity contribution in [2.75, 3.05) is 0 Å². The van der Waals surface area contributed by atoms with E-state index in [2.05, 4.69) is 430 Å². The van der Waals surface area contributed by atoms with Gasteiger partial charge in [-0.05, 0) is 31.9 Å². The Kier molecular flexibility index (Phi) is 22.7. The third-order valence-corrected chi connectivity index (χ3v) is 60.3. The molecule has 28 heteroatoms. The maximum absolute atomic E-state index is 13.1. The van der Waals surface area contributed by atoms with Crippen LogP contribution in [0.25, 0.3) is 0 Å². The molecule has 0 aromatic carbocycles. The van der Waals surface area contributed by atoms with Crippen molar-refractivity contribution in [1.82, 2.24) is 0 Å². The van der Waals surface area contributed by atoms with Gasteiger partial charge in [-0.25, -0.2) is 5.11 Å². The SMILES string of the molecule is [O]C(Br)(Br)C(Br)(Br)C(Br)(Br)C(Br)(Br)C(Br)(Br)C(Br)(Br)C(Br)(Br)C(Br)(Br)C(Br)(Br)C(Br)(Br)C(Br)(Br)C(Br)(Br)C(Br)(Br)Br. The van der Waals surface area contributed by atoms with Crippen molar-refractivity contribution in [2.24, 2.45) is 0 Å². The Bertz CT molecular complexity index is 885. The maximum Gasteiger partial charge on any atom is 0.239 e. The molecular formula is C13Br27O. The van der Waals surface area contributed by atoms with E-state index < -0.39 is 41.1 Å². The fraction of sp³-hybridized carbons (Fsp3) is 1.00. The number of rotatable bonds is 11. The zero-order valence-corrected chi connectivity index (χ0v) is 59.9. The minimum atomic E-state index is -1.92. The third kappa shape index (κ3) is 9.38. The van der Waals surface area contributed by atoms with Gasteiger partial charge in [0, 0.05) is 0 Å². The van der Waals surface area contributed by atoms with Gasteiger partial charge in [0.1, 0.15) is 32.3 Å². The molecule has 0 aromatic heterocycles. The van der Waals surface area contributed by atoms with E-state index in [1.54, 1.807) is 0 Å². The van der Waals surface area contributed by atoms with Crippen LogP contribution < -0.4 is 0 Å². The molecule has 0 aliphatic rings. The smallest absolute Gasteiger partial charge is 0.202 e. The van der Waals surface area contributed by atoms with Gasteiger partial charge >= 0.3 is 0 Å². The molecule has 1 radical (unpaired) electrons. The topological polar surface area (TPSA) is 19.9 Å². The van der Waals surface area contributed by atoms with Crippen LogP contribution in [0, 0.1) is 0 Å². The first-order valence-corrected chi connectivity index (χ1v) is 29.7. The summed E-state index contributed by atoms with van der Waals surface area (Å²) in [7, 11) is 0. The highest BCUT2D eigenvalue weighted by Crippen LogP contribution is 2.82. The lowest BCUT2D eigenvalue weighted by Crippen LogP contribution is -2.72. The van der Waals surface area contributed by atoms with Gasteiger partial charge < -0.3 is 0 Å². The van der Waals surface area contributed by atoms with Crippen molar-refractivity contribution >= 4 is 430 Å². The molecule has 0 saturated carbocycles. The van der Waals surface area contributed by atoms with Crippen LogP contribution >= 0.6 is 430 Å². The number of alkyl halides is 27. The monoisotopic (exact) mass is 2300 g/mol. The van der Waals surface area contributed by atoms with Crippen LogP contribution in [0.15, 0.2) is 0 Å². The van der Waals surface area contributed by atoms with Crippen LogP contribution in [0.2, 0.25) is 0 Å². The highest BCUT2D eigenvalue weighted by atomic mass is 80.0. The zero-order chi connectivity index (χ0) is 34.5. The van der Waals surface area contributed by atoms with E-state index in [4.69, 9.17) is 0 Å². The largest absolute Gasteiger partial charge is 0.239 e. The van der Waals surface area contributed by atoms with Gasteiger partial charge in [-0.2, -0.15) is 0 Å². The molecule has 0 atom stereocenters. The molecule has 0 heterocycles. The van der Waals surface area contributed by atoms with Gasteiger partial charge in [0.25, 0.3) is 0 Å². The van der Waals surface area contributed by atoms with Crippen LogP contribution in [0.5, 0.6) is 0 Å². The Balaban J connectivity index is 7.41. The molecular weight excluding hydrogens is 2330 g/mol. The molecule has 0 saturated heterocycles. The number of hydrogen-bond acceptors (Lipinski definition) is 0. The second-order valence-corrected chi connectivity index (χ2v) is 55.3. The summed E-state index contributed by atoms with van der Waals surface area (Å²) >= 11 is 101. The molecule has 0 amide bonds. The highest BCUT2D eigenvalue weighted by Gasteiger charge is 2.82. The number of hydrogen-bond donors (Lipinski definition) is 0. The molecule has 0 aliphatic heterocycles. The average Bonchev–Trinajstić information content (AvgIpc) is 2.70. The van der Waals surface area contributed by atoms with Crippen molar-refractivity contribution in [3.8, 4) is 0 Å². The van der Waals surface area contributed by atoms with Gasteiger partial charge in [-0.1, -0.05) is 398 Å². The number of halogens is 27. The van der Waals surface area contributed by atoms with Gasteiger partial charge in [0.2, 0.25) is 3.42 Å². The van der Waals surface area contributed by atoms with E-state index in [1.165, 1.54) is 0 Å². The molecule has 0 N–H and O–H groups in total. The predicted octanol–water partition coefficient (Wildman–Crippen LogP) is 20.0. The molecule has 0 bridgehead atoms. The Morgan fingerprint density at radius 3 is 0.439 bits per heavy atom. The lowest BCUT2D eigenvalue weighted by Gasteiger charge is -2.61. The van der Waals surface area contributed by atoms with Gasteiger partial charge in [0.05, 0.1) is 0 Å². The molecule has 0 spiro atoms. The third-order valence-electron chi connectivity index (χ3n) is 4.66. The second kappa shape index (κ2) is 17.3. The minimum absolute atomic E-state index is 0.882. The fourth-order valence-corrected chi connectivity index (χ4v) is 27.7. The first kappa shape index (κ1) is 53.9. The summed E-state index contributed by atoms with van der Waals surface area (Å²) in [5.41, 5.74) is 0. The summed E-state index contributed by atoms with van der Waals surface area (Å²) < 4.78 is -16.5. The van der Waals surface area contributed by atoms with Crippen molar-refractivity contribution in [3.05, 3.63) is 0 Å². The highest BCUT2D eigenvalue weighted by molar-refractivity contribution is 9.42. The molecule has 0 aliphatic carbocycles. The van der Waals surface area contributed by atoms with Crippen molar-refractivity contribution in [1.29, 1.82) is 0 Å². The van der Waals surface area contributed by atoms with Gasteiger partial charge in [-0.3, -0.25) is 0 Å². The molecule has 41 heavy (non-hydrogen) atoms. The summed E-state index contributed by atoms with van der Waals surface area (Å²) in [5, 5.41) is 13.1. The molecule has 247 valence electrons. The standard InChI is InChI=1S/C13Br27O/c14-1(15,2(16,17)4(20,21)6(24,25)8(28,29)10(32,33)12(36,37)38)3(18,19)5(22,23)7(26,27)9(30,31)11(34,35)13(39,40)41. The van der Waals surface area contributed by atoms with E-state index in [0.717, 1.165) is 0 Å². The first-order chi connectivity index (χ1) is 17.0. The van der Waals surface area contributed by atoms with Crippen LogP contribution in [0.1, 0.15) is 0 Å². The molecule has 0 aromatic rings. The Morgan fingerprint density at radius 1 is 0.195 bits per heavy atom. The Morgan fingerprint density at radius 2 is 0.317 bits per heavy atom.